The van der Waals surface area contributed by atoms with Crippen LogP contribution in [-0.4, -0.2) is 11.0 Å². The monoisotopic (exact) mass is 242 g/mol. The lowest BCUT2D eigenvalue weighted by molar-refractivity contribution is -0.0284. The first-order valence-electron chi connectivity index (χ1n) is 5.76. The Morgan fingerprint density at radius 3 is 1.88 bits per heavy atom. The molecule has 0 heterocycles. The van der Waals surface area contributed by atoms with Crippen LogP contribution in [0.2, 0.25) is 0 Å². The van der Waals surface area contributed by atoms with E-state index in [2.05, 4.69) is 20.8 Å². The molecule has 17 heavy (non-hydrogen) atoms. The highest BCUT2D eigenvalue weighted by Gasteiger charge is 2.26. The van der Waals surface area contributed by atoms with Gasteiger partial charge in [0.25, 0.3) is 0 Å². The zero-order chi connectivity index (χ0) is 13.3. The van der Waals surface area contributed by atoms with E-state index in [1.54, 1.807) is 12.1 Å². The molecule has 1 atom stereocenters. The lowest BCUT2D eigenvalue weighted by atomic mass is 9.86. The molecule has 1 aromatic carbocycles. The van der Waals surface area contributed by atoms with Crippen LogP contribution in [0, 0.1) is 0 Å². The normalized spacial score (nSPS) is 14.8. The summed E-state index contributed by atoms with van der Waals surface area (Å²) in [4.78, 5) is 0. The number of rotatable bonds is 3. The summed E-state index contributed by atoms with van der Waals surface area (Å²) >= 11 is 0. The topological polar surface area (TPSA) is 20.2 Å². The third-order valence-corrected chi connectivity index (χ3v) is 2.71. The van der Waals surface area contributed by atoms with Gasteiger partial charge in [0.15, 0.2) is 0 Å². The molecule has 0 aliphatic heterocycles. The van der Waals surface area contributed by atoms with Gasteiger partial charge in [0, 0.05) is 6.42 Å². The molecule has 0 radical (unpaired) electrons. The molecular weight excluding hydrogens is 222 g/mol. The van der Waals surface area contributed by atoms with E-state index in [9.17, 15) is 13.9 Å². The lowest BCUT2D eigenvalue weighted by Crippen LogP contribution is -2.15. The van der Waals surface area contributed by atoms with E-state index in [1.165, 1.54) is 0 Å². The molecule has 0 spiro atoms. The predicted octanol–water partition coefficient (Wildman–Crippen LogP) is 4.06. The molecule has 0 saturated heterocycles. The van der Waals surface area contributed by atoms with E-state index < -0.39 is 18.4 Å². The maximum Gasteiger partial charge on any atom is 0.248 e. The zero-order valence-electron chi connectivity index (χ0n) is 10.8. The Hall–Kier alpha value is -0.960. The van der Waals surface area contributed by atoms with Crippen LogP contribution in [0.25, 0.3) is 0 Å². The summed E-state index contributed by atoms with van der Waals surface area (Å²) in [7, 11) is 0. The molecule has 0 aliphatic carbocycles. The number of aliphatic hydroxyl groups excluding tert-OH is 1. The second-order valence-electron chi connectivity index (χ2n) is 5.66. The third-order valence-electron chi connectivity index (χ3n) is 2.71. The largest absolute Gasteiger partial charge is 0.388 e. The van der Waals surface area contributed by atoms with Gasteiger partial charge in [-0.2, -0.15) is 0 Å². The quantitative estimate of drug-likeness (QED) is 0.847. The van der Waals surface area contributed by atoms with Crippen LogP contribution in [0.3, 0.4) is 0 Å². The number of benzene rings is 1. The van der Waals surface area contributed by atoms with Gasteiger partial charge < -0.3 is 5.11 Å². The Morgan fingerprint density at radius 2 is 1.53 bits per heavy atom. The third kappa shape index (κ3) is 4.43. The second-order valence-corrected chi connectivity index (χ2v) is 5.66. The van der Waals surface area contributed by atoms with Crippen LogP contribution in [-0.2, 0) is 5.41 Å². The lowest BCUT2D eigenvalue weighted by Gasteiger charge is -2.21. The second kappa shape index (κ2) is 4.73. The summed E-state index contributed by atoms with van der Waals surface area (Å²) < 4.78 is 25.5. The fourth-order valence-corrected chi connectivity index (χ4v) is 1.66. The van der Waals surface area contributed by atoms with Crippen molar-refractivity contribution in [2.45, 2.75) is 51.6 Å². The molecule has 0 aliphatic rings. The molecule has 1 N–H and O–H groups in total. The van der Waals surface area contributed by atoms with Crippen molar-refractivity contribution in [3.05, 3.63) is 35.4 Å². The molecule has 0 saturated carbocycles. The summed E-state index contributed by atoms with van der Waals surface area (Å²) in [5, 5.41) is 9.67. The van der Waals surface area contributed by atoms with Crippen molar-refractivity contribution in [2.75, 3.05) is 0 Å². The molecule has 1 aromatic rings. The minimum absolute atomic E-state index is 0.0260. The van der Waals surface area contributed by atoms with Crippen LogP contribution in [0.1, 0.15) is 51.3 Å². The Balaban J connectivity index is 2.81. The number of alkyl halides is 2. The van der Waals surface area contributed by atoms with E-state index in [1.807, 2.05) is 12.1 Å². The van der Waals surface area contributed by atoms with E-state index in [-0.39, 0.29) is 5.41 Å². The summed E-state index contributed by atoms with van der Waals surface area (Å²) in [6.07, 6.45) is -1.65. The highest BCUT2D eigenvalue weighted by atomic mass is 19.3. The molecule has 1 nitrogen and oxygen atoms in total. The number of halogens is 2. The average molecular weight is 242 g/mol. The first-order chi connectivity index (χ1) is 7.59. The van der Waals surface area contributed by atoms with Crippen LogP contribution in [0.15, 0.2) is 24.3 Å². The van der Waals surface area contributed by atoms with Crippen LogP contribution in [0.4, 0.5) is 8.78 Å². The van der Waals surface area contributed by atoms with E-state index in [0.29, 0.717) is 5.56 Å². The Labute approximate surface area is 101 Å². The highest BCUT2D eigenvalue weighted by molar-refractivity contribution is 5.28. The number of hydrogen-bond acceptors (Lipinski definition) is 1. The van der Waals surface area contributed by atoms with Gasteiger partial charge in [0.05, 0.1) is 6.10 Å². The van der Waals surface area contributed by atoms with Gasteiger partial charge in [0.1, 0.15) is 0 Å². The molecule has 0 aromatic heterocycles. The molecule has 1 rings (SSSR count). The van der Waals surface area contributed by atoms with Gasteiger partial charge in [0.2, 0.25) is 5.92 Å². The Morgan fingerprint density at radius 1 is 1.06 bits per heavy atom. The summed E-state index contributed by atoms with van der Waals surface area (Å²) in [6.45, 7) is 7.07. The van der Waals surface area contributed by atoms with Crippen molar-refractivity contribution in [1.82, 2.24) is 0 Å². The van der Waals surface area contributed by atoms with Crippen LogP contribution < -0.4 is 0 Å². The Kier molecular flexibility index (Phi) is 3.92. The van der Waals surface area contributed by atoms with Crippen molar-refractivity contribution in [2.24, 2.45) is 0 Å². The SMILES string of the molecule is CC(F)(F)CC(O)c1ccc(C(C)(C)C)cc1. The molecule has 0 amide bonds. The Bertz CT molecular complexity index is 357. The van der Waals surface area contributed by atoms with Gasteiger partial charge in [-0.05, 0) is 23.5 Å². The zero-order valence-corrected chi connectivity index (χ0v) is 10.8. The van der Waals surface area contributed by atoms with Gasteiger partial charge in [-0.25, -0.2) is 8.78 Å². The fraction of sp³-hybridized carbons (Fsp3) is 0.571. The minimum atomic E-state index is -2.85. The van der Waals surface area contributed by atoms with Crippen molar-refractivity contribution < 1.29 is 13.9 Å². The first-order valence-corrected chi connectivity index (χ1v) is 5.76. The fourth-order valence-electron chi connectivity index (χ4n) is 1.66. The molecule has 0 fully saturated rings. The highest BCUT2D eigenvalue weighted by Crippen LogP contribution is 2.29. The van der Waals surface area contributed by atoms with Gasteiger partial charge >= 0.3 is 0 Å². The number of aliphatic hydroxyl groups is 1. The molecule has 96 valence electrons. The molecule has 0 bridgehead atoms. The van der Waals surface area contributed by atoms with E-state index in [4.69, 9.17) is 0 Å². The average Bonchev–Trinajstić information content (AvgIpc) is 2.14. The summed E-state index contributed by atoms with van der Waals surface area (Å²) in [5.41, 5.74) is 1.69. The van der Waals surface area contributed by atoms with Crippen molar-refractivity contribution in [3.8, 4) is 0 Å². The minimum Gasteiger partial charge on any atom is -0.388 e. The van der Waals surface area contributed by atoms with Crippen molar-refractivity contribution in [1.29, 1.82) is 0 Å². The van der Waals surface area contributed by atoms with Gasteiger partial charge in [-0.1, -0.05) is 45.0 Å². The van der Waals surface area contributed by atoms with Gasteiger partial charge in [-0.15, -0.1) is 0 Å². The first kappa shape index (κ1) is 14.1. The van der Waals surface area contributed by atoms with Crippen LogP contribution in [0.5, 0.6) is 0 Å². The summed E-state index contributed by atoms with van der Waals surface area (Å²) in [5.74, 6) is -2.85. The maximum atomic E-state index is 12.8. The van der Waals surface area contributed by atoms with E-state index >= 15 is 0 Å². The summed E-state index contributed by atoms with van der Waals surface area (Å²) in [6, 6.07) is 7.20. The maximum absolute atomic E-state index is 12.8. The standard InChI is InChI=1S/C14H20F2O/c1-13(2,3)11-7-5-10(6-8-11)12(17)9-14(4,15)16/h5-8,12,17H,9H2,1-4H3. The van der Waals surface area contributed by atoms with Crippen LogP contribution >= 0.6 is 0 Å². The van der Waals surface area contributed by atoms with Crippen molar-refractivity contribution >= 4 is 0 Å². The van der Waals surface area contributed by atoms with E-state index in [0.717, 1.165) is 12.5 Å². The number of hydrogen-bond donors (Lipinski definition) is 1. The molecule has 3 heteroatoms. The van der Waals surface area contributed by atoms with Crippen molar-refractivity contribution in [3.63, 3.8) is 0 Å². The molecular formula is C14H20F2O. The smallest absolute Gasteiger partial charge is 0.248 e. The van der Waals surface area contributed by atoms with Gasteiger partial charge in [-0.3, -0.25) is 0 Å². The molecule has 1 unspecified atom stereocenters. The predicted molar refractivity (Wildman–Crippen MR) is 65.3 cm³/mol.